The van der Waals surface area contributed by atoms with Gasteiger partial charge in [-0.15, -0.1) is 0 Å². The lowest BCUT2D eigenvalue weighted by molar-refractivity contribution is -0.136. The molecule has 2 aliphatic carbocycles. The van der Waals surface area contributed by atoms with Crippen LogP contribution < -0.4 is 0 Å². The maximum Gasteiger partial charge on any atom is 0.334 e. The Kier molecular flexibility index (Phi) is 2.21. The summed E-state index contributed by atoms with van der Waals surface area (Å²) in [5, 5.41) is 0. The average molecular weight is 178 g/mol. The molecule has 2 heteroatoms. The van der Waals surface area contributed by atoms with Crippen LogP contribution in [-0.2, 0) is 9.53 Å². The monoisotopic (exact) mass is 178 g/mol. The van der Waals surface area contributed by atoms with Gasteiger partial charge in [0.2, 0.25) is 0 Å². The second-order valence-electron chi connectivity index (χ2n) is 3.70. The Labute approximate surface area is 78.3 Å². The van der Waals surface area contributed by atoms with E-state index in [1.54, 1.807) is 0 Å². The minimum absolute atomic E-state index is 0.152. The first-order valence-corrected chi connectivity index (χ1v) is 4.79. The van der Waals surface area contributed by atoms with Gasteiger partial charge in [0.15, 0.2) is 0 Å². The first-order valence-electron chi connectivity index (χ1n) is 4.79. The second-order valence-corrected chi connectivity index (χ2v) is 3.70. The number of methoxy groups -OCH3 is 1. The maximum absolute atomic E-state index is 11.4. The minimum Gasteiger partial charge on any atom is -0.466 e. The predicted molar refractivity (Wildman–Crippen MR) is 50.1 cm³/mol. The van der Waals surface area contributed by atoms with Crippen molar-refractivity contribution < 1.29 is 9.53 Å². The molecule has 0 saturated heterocycles. The Morgan fingerprint density at radius 2 is 2.38 bits per heavy atom. The molecule has 13 heavy (non-hydrogen) atoms. The molecule has 0 spiro atoms. The van der Waals surface area contributed by atoms with Gasteiger partial charge in [-0.2, -0.15) is 0 Å². The van der Waals surface area contributed by atoms with Crippen LogP contribution in [0.15, 0.2) is 23.8 Å². The Balaban J connectivity index is 2.22. The van der Waals surface area contributed by atoms with Gasteiger partial charge in [-0.3, -0.25) is 0 Å². The molecule has 0 aromatic heterocycles. The largest absolute Gasteiger partial charge is 0.466 e. The zero-order chi connectivity index (χ0) is 9.26. The number of hydrogen-bond acceptors (Lipinski definition) is 2. The smallest absolute Gasteiger partial charge is 0.334 e. The van der Waals surface area contributed by atoms with Crippen molar-refractivity contribution in [2.45, 2.75) is 19.3 Å². The summed E-state index contributed by atoms with van der Waals surface area (Å²) in [6.45, 7) is 0. The number of ether oxygens (including phenoxy) is 1. The molecular weight excluding hydrogens is 164 g/mol. The third-order valence-electron chi connectivity index (χ3n) is 3.02. The Morgan fingerprint density at radius 3 is 3.15 bits per heavy atom. The molecule has 0 bridgehead atoms. The van der Waals surface area contributed by atoms with Gasteiger partial charge in [0.25, 0.3) is 0 Å². The fraction of sp³-hybridized carbons (Fsp3) is 0.545. The molecule has 0 heterocycles. The SMILES string of the molecule is COC(=O)C1=CC=C[C@H]2CCC[C@H]12. The van der Waals surface area contributed by atoms with E-state index in [4.69, 9.17) is 4.74 Å². The molecule has 0 radical (unpaired) electrons. The first-order chi connectivity index (χ1) is 6.33. The van der Waals surface area contributed by atoms with Gasteiger partial charge < -0.3 is 4.74 Å². The van der Waals surface area contributed by atoms with Gasteiger partial charge >= 0.3 is 5.97 Å². The van der Waals surface area contributed by atoms with Crippen LogP contribution in [0.1, 0.15) is 19.3 Å². The molecule has 2 atom stereocenters. The second kappa shape index (κ2) is 3.36. The van der Waals surface area contributed by atoms with E-state index < -0.39 is 0 Å². The van der Waals surface area contributed by atoms with Gasteiger partial charge in [0.05, 0.1) is 7.11 Å². The number of hydrogen-bond donors (Lipinski definition) is 0. The first kappa shape index (κ1) is 8.54. The topological polar surface area (TPSA) is 26.3 Å². The van der Waals surface area contributed by atoms with E-state index in [-0.39, 0.29) is 5.97 Å². The van der Waals surface area contributed by atoms with E-state index in [2.05, 4.69) is 6.08 Å². The predicted octanol–water partition coefficient (Wildman–Crippen LogP) is 2.07. The number of allylic oxidation sites excluding steroid dienone is 3. The van der Waals surface area contributed by atoms with E-state index in [0.717, 1.165) is 12.0 Å². The van der Waals surface area contributed by atoms with Gasteiger partial charge in [-0.1, -0.05) is 24.6 Å². The third-order valence-corrected chi connectivity index (χ3v) is 3.02. The van der Waals surface area contributed by atoms with Crippen LogP contribution >= 0.6 is 0 Å². The number of rotatable bonds is 1. The number of carbonyl (C=O) groups is 1. The fourth-order valence-corrected chi connectivity index (χ4v) is 2.37. The normalized spacial score (nSPS) is 31.0. The van der Waals surface area contributed by atoms with Crippen molar-refractivity contribution in [2.24, 2.45) is 11.8 Å². The summed E-state index contributed by atoms with van der Waals surface area (Å²) in [4.78, 5) is 11.4. The van der Waals surface area contributed by atoms with Gasteiger partial charge in [0.1, 0.15) is 0 Å². The summed E-state index contributed by atoms with van der Waals surface area (Å²) >= 11 is 0. The van der Waals surface area contributed by atoms with E-state index in [0.29, 0.717) is 11.8 Å². The van der Waals surface area contributed by atoms with E-state index in [1.165, 1.54) is 20.0 Å². The molecule has 0 unspecified atom stereocenters. The van der Waals surface area contributed by atoms with E-state index >= 15 is 0 Å². The summed E-state index contributed by atoms with van der Waals surface area (Å²) < 4.78 is 4.76. The number of fused-ring (bicyclic) bond motifs is 1. The minimum atomic E-state index is -0.152. The Bertz CT molecular complexity index is 276. The highest BCUT2D eigenvalue weighted by molar-refractivity contribution is 5.89. The molecule has 1 fully saturated rings. The number of carbonyl (C=O) groups excluding carboxylic acids is 1. The summed E-state index contributed by atoms with van der Waals surface area (Å²) in [6, 6.07) is 0. The van der Waals surface area contributed by atoms with Crippen molar-refractivity contribution in [3.63, 3.8) is 0 Å². The molecule has 2 rings (SSSR count). The van der Waals surface area contributed by atoms with Crippen molar-refractivity contribution in [3.8, 4) is 0 Å². The van der Waals surface area contributed by atoms with Crippen molar-refractivity contribution in [2.75, 3.05) is 7.11 Å². The molecule has 0 aromatic rings. The quantitative estimate of drug-likeness (QED) is 0.574. The van der Waals surface area contributed by atoms with Crippen LogP contribution in [0, 0.1) is 11.8 Å². The van der Waals surface area contributed by atoms with E-state index in [9.17, 15) is 4.79 Å². The van der Waals surface area contributed by atoms with Crippen LogP contribution in [0.4, 0.5) is 0 Å². The molecule has 2 nitrogen and oxygen atoms in total. The van der Waals surface area contributed by atoms with E-state index in [1.807, 2.05) is 12.2 Å². The van der Waals surface area contributed by atoms with Gasteiger partial charge in [-0.05, 0) is 24.7 Å². The lowest BCUT2D eigenvalue weighted by Crippen LogP contribution is -2.19. The van der Waals surface area contributed by atoms with Crippen LogP contribution in [-0.4, -0.2) is 13.1 Å². The number of esters is 1. The van der Waals surface area contributed by atoms with Gasteiger partial charge in [-0.25, -0.2) is 4.79 Å². The average Bonchev–Trinajstić information content (AvgIpc) is 2.63. The van der Waals surface area contributed by atoms with Crippen molar-refractivity contribution in [3.05, 3.63) is 23.8 Å². The van der Waals surface area contributed by atoms with Crippen LogP contribution in [0.2, 0.25) is 0 Å². The van der Waals surface area contributed by atoms with Crippen LogP contribution in [0.25, 0.3) is 0 Å². The highest BCUT2D eigenvalue weighted by atomic mass is 16.5. The molecule has 0 N–H and O–H groups in total. The Hall–Kier alpha value is -1.05. The highest BCUT2D eigenvalue weighted by Gasteiger charge is 2.33. The molecule has 0 aromatic carbocycles. The zero-order valence-electron chi connectivity index (χ0n) is 7.82. The van der Waals surface area contributed by atoms with Gasteiger partial charge in [0, 0.05) is 5.57 Å². The molecular formula is C11H14O2. The molecule has 2 aliphatic rings. The van der Waals surface area contributed by atoms with Crippen molar-refractivity contribution in [1.82, 2.24) is 0 Å². The van der Waals surface area contributed by atoms with Crippen molar-refractivity contribution in [1.29, 1.82) is 0 Å². The van der Waals surface area contributed by atoms with Crippen LogP contribution in [0.5, 0.6) is 0 Å². The highest BCUT2D eigenvalue weighted by Crippen LogP contribution is 2.40. The fourth-order valence-electron chi connectivity index (χ4n) is 2.37. The summed E-state index contributed by atoms with van der Waals surface area (Å²) in [5.74, 6) is 0.859. The summed E-state index contributed by atoms with van der Waals surface area (Å²) in [5.41, 5.74) is 0.868. The molecule has 0 aliphatic heterocycles. The van der Waals surface area contributed by atoms with Crippen LogP contribution in [0.3, 0.4) is 0 Å². The standard InChI is InChI=1S/C11H14O2/c1-13-11(12)10-7-3-5-8-4-2-6-9(8)10/h3,5,7-9H,2,4,6H2,1H3/t8-,9+/m1/s1. The Morgan fingerprint density at radius 1 is 1.54 bits per heavy atom. The lowest BCUT2D eigenvalue weighted by Gasteiger charge is -2.20. The molecule has 1 saturated carbocycles. The molecule has 70 valence electrons. The summed E-state index contributed by atoms with van der Waals surface area (Å²) in [6.07, 6.45) is 9.68. The summed E-state index contributed by atoms with van der Waals surface area (Å²) in [7, 11) is 1.45. The lowest BCUT2D eigenvalue weighted by atomic mass is 9.85. The maximum atomic E-state index is 11.4. The zero-order valence-corrected chi connectivity index (χ0v) is 7.82. The van der Waals surface area contributed by atoms with Crippen molar-refractivity contribution >= 4 is 5.97 Å². The third kappa shape index (κ3) is 1.41. The molecule has 0 amide bonds.